The summed E-state index contributed by atoms with van der Waals surface area (Å²) in [4.78, 5) is 11.7. The largest absolute Gasteiger partial charge is 0.379 e. The number of hydrogen-bond acceptors (Lipinski definition) is 3. The molecular weight excluding hydrogens is 218 g/mol. The predicted octanol–water partition coefficient (Wildman–Crippen LogP) is 2.04. The maximum Gasteiger partial charge on any atom is 0.189 e. The van der Waals surface area contributed by atoms with Gasteiger partial charge in [-0.25, -0.2) is 0 Å². The minimum absolute atomic E-state index is 0.0147. The summed E-state index contributed by atoms with van der Waals surface area (Å²) in [6.07, 6.45) is 4.41. The standard InChI is InChI=1S/C13H21NO3/c1-13(2,16-4)6-8-17-10-12(15)11-5-7-14(3)9-11/h5,7,9H,6,8,10H2,1-4H3. The Bertz CT molecular complexity index is 368. The predicted molar refractivity (Wildman–Crippen MR) is 66.3 cm³/mol. The molecule has 0 spiro atoms. The molecule has 0 radical (unpaired) electrons. The molecule has 17 heavy (non-hydrogen) atoms. The van der Waals surface area contributed by atoms with Crippen LogP contribution in [-0.4, -0.2) is 36.3 Å². The van der Waals surface area contributed by atoms with Crippen LogP contribution in [0.25, 0.3) is 0 Å². The fourth-order valence-electron chi connectivity index (χ4n) is 1.34. The smallest absolute Gasteiger partial charge is 0.189 e. The number of ketones is 1. The van der Waals surface area contributed by atoms with E-state index < -0.39 is 0 Å². The fourth-order valence-corrected chi connectivity index (χ4v) is 1.34. The van der Waals surface area contributed by atoms with Crippen LogP contribution in [0.3, 0.4) is 0 Å². The van der Waals surface area contributed by atoms with Crippen molar-refractivity contribution < 1.29 is 14.3 Å². The average Bonchev–Trinajstić information content (AvgIpc) is 2.71. The van der Waals surface area contributed by atoms with Gasteiger partial charge in [0.2, 0.25) is 0 Å². The summed E-state index contributed by atoms with van der Waals surface area (Å²) < 4.78 is 12.5. The number of nitrogens with zero attached hydrogens (tertiary/aromatic N) is 1. The van der Waals surface area contributed by atoms with Gasteiger partial charge in [0.05, 0.1) is 5.60 Å². The van der Waals surface area contributed by atoms with Gasteiger partial charge in [0.15, 0.2) is 5.78 Å². The fraction of sp³-hybridized carbons (Fsp3) is 0.615. The van der Waals surface area contributed by atoms with Gasteiger partial charge in [-0.05, 0) is 26.3 Å². The molecule has 0 saturated carbocycles. The number of aryl methyl sites for hydroxylation is 1. The van der Waals surface area contributed by atoms with Crippen LogP contribution in [0.1, 0.15) is 30.6 Å². The van der Waals surface area contributed by atoms with Crippen molar-refractivity contribution >= 4 is 5.78 Å². The number of aromatic nitrogens is 1. The molecule has 4 heteroatoms. The van der Waals surface area contributed by atoms with Crippen molar-refractivity contribution in [1.82, 2.24) is 4.57 Å². The molecule has 4 nitrogen and oxygen atoms in total. The third-order valence-electron chi connectivity index (χ3n) is 2.79. The van der Waals surface area contributed by atoms with E-state index in [1.165, 1.54) is 0 Å². The normalized spacial score (nSPS) is 11.8. The molecule has 0 aliphatic carbocycles. The molecule has 1 aromatic rings. The van der Waals surface area contributed by atoms with Crippen LogP contribution in [-0.2, 0) is 16.5 Å². The van der Waals surface area contributed by atoms with Crippen LogP contribution in [0.4, 0.5) is 0 Å². The lowest BCUT2D eigenvalue weighted by atomic mass is 10.1. The molecule has 1 heterocycles. The van der Waals surface area contributed by atoms with Crippen molar-refractivity contribution in [2.24, 2.45) is 7.05 Å². The van der Waals surface area contributed by atoms with E-state index >= 15 is 0 Å². The minimum Gasteiger partial charge on any atom is -0.379 e. The third-order valence-corrected chi connectivity index (χ3v) is 2.79. The summed E-state index contributed by atoms with van der Waals surface area (Å²) in [5.74, 6) is 0.0147. The van der Waals surface area contributed by atoms with E-state index in [9.17, 15) is 4.79 Å². The molecule has 0 aliphatic rings. The van der Waals surface area contributed by atoms with Crippen molar-refractivity contribution in [2.75, 3.05) is 20.3 Å². The van der Waals surface area contributed by atoms with Crippen molar-refractivity contribution in [1.29, 1.82) is 0 Å². The van der Waals surface area contributed by atoms with Gasteiger partial charge < -0.3 is 14.0 Å². The zero-order valence-corrected chi connectivity index (χ0v) is 11.0. The molecule has 96 valence electrons. The van der Waals surface area contributed by atoms with Gasteiger partial charge in [0, 0.05) is 38.7 Å². The van der Waals surface area contributed by atoms with Gasteiger partial charge in [0.1, 0.15) is 6.61 Å². The number of ether oxygens (including phenoxy) is 2. The Labute approximate surface area is 103 Å². The number of hydrogen-bond donors (Lipinski definition) is 0. The number of carbonyl (C=O) groups is 1. The van der Waals surface area contributed by atoms with Crippen LogP contribution in [0.2, 0.25) is 0 Å². The van der Waals surface area contributed by atoms with Gasteiger partial charge in [-0.1, -0.05) is 0 Å². The van der Waals surface area contributed by atoms with Crippen LogP contribution >= 0.6 is 0 Å². The lowest BCUT2D eigenvalue weighted by Crippen LogP contribution is -2.25. The SMILES string of the molecule is COC(C)(C)CCOCC(=O)c1ccn(C)c1. The first kappa shape index (κ1) is 13.9. The summed E-state index contributed by atoms with van der Waals surface area (Å²) in [5, 5.41) is 0. The summed E-state index contributed by atoms with van der Waals surface area (Å²) in [6.45, 7) is 4.65. The second kappa shape index (κ2) is 5.98. The van der Waals surface area contributed by atoms with Crippen LogP contribution in [0, 0.1) is 0 Å². The molecule has 0 bridgehead atoms. The zero-order chi connectivity index (χ0) is 12.9. The number of rotatable bonds is 7. The highest BCUT2D eigenvalue weighted by molar-refractivity contribution is 5.96. The lowest BCUT2D eigenvalue weighted by molar-refractivity contribution is -0.00836. The Kier molecular flexibility index (Phi) is 4.90. The van der Waals surface area contributed by atoms with Crippen molar-refractivity contribution in [3.63, 3.8) is 0 Å². The van der Waals surface area contributed by atoms with E-state index in [-0.39, 0.29) is 18.0 Å². The molecule has 0 atom stereocenters. The molecule has 0 fully saturated rings. The molecule has 0 N–H and O–H groups in total. The Morgan fingerprint density at radius 2 is 2.18 bits per heavy atom. The van der Waals surface area contributed by atoms with Crippen molar-refractivity contribution in [3.8, 4) is 0 Å². The summed E-state index contributed by atoms with van der Waals surface area (Å²) in [6, 6.07) is 1.80. The van der Waals surface area contributed by atoms with Crippen molar-refractivity contribution in [2.45, 2.75) is 25.9 Å². The summed E-state index contributed by atoms with van der Waals surface area (Å²) in [5.41, 5.74) is 0.494. The quantitative estimate of drug-likeness (QED) is 0.540. The van der Waals surface area contributed by atoms with Gasteiger partial charge >= 0.3 is 0 Å². The number of methoxy groups -OCH3 is 1. The van der Waals surface area contributed by atoms with Crippen LogP contribution in [0.15, 0.2) is 18.5 Å². The summed E-state index contributed by atoms with van der Waals surface area (Å²) >= 11 is 0. The Hall–Kier alpha value is -1.13. The van der Waals surface area contributed by atoms with E-state index in [1.807, 2.05) is 31.7 Å². The van der Waals surface area contributed by atoms with Gasteiger partial charge in [0.25, 0.3) is 0 Å². The zero-order valence-electron chi connectivity index (χ0n) is 11.0. The lowest BCUT2D eigenvalue weighted by Gasteiger charge is -2.22. The summed E-state index contributed by atoms with van der Waals surface area (Å²) in [7, 11) is 3.56. The van der Waals surface area contributed by atoms with Gasteiger partial charge in [-0.2, -0.15) is 0 Å². The topological polar surface area (TPSA) is 40.5 Å². The first-order valence-corrected chi connectivity index (χ1v) is 5.73. The highest BCUT2D eigenvalue weighted by Gasteiger charge is 2.16. The van der Waals surface area contributed by atoms with Crippen LogP contribution in [0.5, 0.6) is 0 Å². The first-order chi connectivity index (χ1) is 7.94. The molecule has 1 aromatic heterocycles. The monoisotopic (exact) mass is 239 g/mol. The van der Waals surface area contributed by atoms with E-state index in [1.54, 1.807) is 19.4 Å². The minimum atomic E-state index is -0.199. The van der Waals surface area contributed by atoms with Crippen molar-refractivity contribution in [3.05, 3.63) is 24.0 Å². The number of carbonyl (C=O) groups excluding carboxylic acids is 1. The highest BCUT2D eigenvalue weighted by atomic mass is 16.5. The van der Waals surface area contributed by atoms with Gasteiger partial charge in [-0.3, -0.25) is 4.79 Å². The first-order valence-electron chi connectivity index (χ1n) is 5.73. The second-order valence-electron chi connectivity index (χ2n) is 4.76. The second-order valence-corrected chi connectivity index (χ2v) is 4.76. The van der Waals surface area contributed by atoms with E-state index in [4.69, 9.17) is 9.47 Å². The molecule has 0 aliphatic heterocycles. The van der Waals surface area contributed by atoms with E-state index in [2.05, 4.69) is 0 Å². The third kappa shape index (κ3) is 4.71. The van der Waals surface area contributed by atoms with E-state index in [0.29, 0.717) is 12.2 Å². The average molecular weight is 239 g/mol. The molecule has 0 aromatic carbocycles. The molecule has 1 rings (SSSR count). The Morgan fingerprint density at radius 3 is 2.71 bits per heavy atom. The number of Topliss-reactive ketones (excluding diaryl/α,β-unsaturated/α-hetero) is 1. The van der Waals surface area contributed by atoms with Crippen LogP contribution < -0.4 is 0 Å². The molecule has 0 unspecified atom stereocenters. The Balaban J connectivity index is 2.26. The molecule has 0 saturated heterocycles. The van der Waals surface area contributed by atoms with E-state index in [0.717, 1.165) is 6.42 Å². The molecule has 0 amide bonds. The Morgan fingerprint density at radius 1 is 1.47 bits per heavy atom. The maximum absolute atomic E-state index is 11.7. The maximum atomic E-state index is 11.7. The van der Waals surface area contributed by atoms with Gasteiger partial charge in [-0.15, -0.1) is 0 Å². The highest BCUT2D eigenvalue weighted by Crippen LogP contribution is 2.12. The molecular formula is C13H21NO3.